The molecule has 2 aromatic carbocycles. The van der Waals surface area contributed by atoms with Gasteiger partial charge < -0.3 is 9.84 Å². The summed E-state index contributed by atoms with van der Waals surface area (Å²) in [7, 11) is 0. The van der Waals surface area contributed by atoms with Gasteiger partial charge in [-0.15, -0.1) is 0 Å². The van der Waals surface area contributed by atoms with E-state index < -0.39 is 18.2 Å². The Labute approximate surface area is 135 Å². The van der Waals surface area contributed by atoms with Gasteiger partial charge in [-0.25, -0.2) is 4.39 Å². The standard InChI is InChI=1S/C19H21FO3/c1-2-3-4-5-14-6-9-16(10-7-14)23-19-11-8-15(12-17(19)20)18(22)13-21/h6-12,21H,2-5,13H2,1H3. The van der Waals surface area contributed by atoms with Crippen LogP contribution in [-0.2, 0) is 6.42 Å². The second-order valence-electron chi connectivity index (χ2n) is 5.43. The lowest BCUT2D eigenvalue weighted by atomic mass is 10.1. The Morgan fingerprint density at radius 1 is 1.13 bits per heavy atom. The third kappa shape index (κ3) is 4.89. The molecule has 0 aliphatic rings. The Bertz CT molecular complexity index is 650. The number of benzene rings is 2. The van der Waals surface area contributed by atoms with Crippen LogP contribution in [0.1, 0.15) is 42.1 Å². The van der Waals surface area contributed by atoms with Crippen molar-refractivity contribution in [3.8, 4) is 11.5 Å². The highest BCUT2D eigenvalue weighted by atomic mass is 19.1. The van der Waals surface area contributed by atoms with Crippen LogP contribution in [0.4, 0.5) is 4.39 Å². The Morgan fingerprint density at radius 3 is 2.48 bits per heavy atom. The lowest BCUT2D eigenvalue weighted by Gasteiger charge is -2.09. The van der Waals surface area contributed by atoms with Crippen molar-refractivity contribution in [2.45, 2.75) is 32.6 Å². The van der Waals surface area contributed by atoms with Crippen molar-refractivity contribution in [1.29, 1.82) is 0 Å². The van der Waals surface area contributed by atoms with Gasteiger partial charge in [0.05, 0.1) is 0 Å². The van der Waals surface area contributed by atoms with Gasteiger partial charge in [0, 0.05) is 5.56 Å². The number of hydrogen-bond donors (Lipinski definition) is 1. The summed E-state index contributed by atoms with van der Waals surface area (Å²) in [6, 6.07) is 11.5. The third-order valence-corrected chi connectivity index (χ3v) is 3.62. The smallest absolute Gasteiger partial charge is 0.188 e. The monoisotopic (exact) mass is 316 g/mol. The van der Waals surface area contributed by atoms with Crippen molar-refractivity contribution in [3.63, 3.8) is 0 Å². The van der Waals surface area contributed by atoms with E-state index in [4.69, 9.17) is 9.84 Å². The van der Waals surface area contributed by atoms with E-state index in [9.17, 15) is 9.18 Å². The zero-order valence-electron chi connectivity index (χ0n) is 13.2. The van der Waals surface area contributed by atoms with Crippen molar-refractivity contribution in [3.05, 3.63) is 59.4 Å². The predicted molar refractivity (Wildman–Crippen MR) is 87.6 cm³/mol. The van der Waals surface area contributed by atoms with Crippen molar-refractivity contribution in [1.82, 2.24) is 0 Å². The first-order valence-electron chi connectivity index (χ1n) is 7.84. The largest absolute Gasteiger partial charge is 0.454 e. The number of carbonyl (C=O) groups excluding carboxylic acids is 1. The van der Waals surface area contributed by atoms with Crippen molar-refractivity contribution in [2.75, 3.05) is 6.61 Å². The molecule has 0 bridgehead atoms. The Morgan fingerprint density at radius 2 is 1.87 bits per heavy atom. The lowest BCUT2D eigenvalue weighted by Crippen LogP contribution is -2.04. The minimum Gasteiger partial charge on any atom is -0.454 e. The van der Waals surface area contributed by atoms with Crippen molar-refractivity contribution < 1.29 is 19.0 Å². The van der Waals surface area contributed by atoms with E-state index in [-0.39, 0.29) is 11.3 Å². The number of hydrogen-bond acceptors (Lipinski definition) is 3. The first kappa shape index (κ1) is 17.2. The SMILES string of the molecule is CCCCCc1ccc(Oc2ccc(C(=O)CO)cc2F)cc1. The van der Waals surface area contributed by atoms with Crippen LogP contribution < -0.4 is 4.74 Å². The second-order valence-corrected chi connectivity index (χ2v) is 5.43. The average Bonchev–Trinajstić information content (AvgIpc) is 2.57. The summed E-state index contributed by atoms with van der Waals surface area (Å²) in [4.78, 5) is 11.3. The van der Waals surface area contributed by atoms with Crippen LogP contribution in [0.5, 0.6) is 11.5 Å². The highest BCUT2D eigenvalue weighted by molar-refractivity contribution is 5.97. The number of aliphatic hydroxyl groups is 1. The number of ether oxygens (including phenoxy) is 1. The molecule has 0 amide bonds. The molecule has 3 nitrogen and oxygen atoms in total. The number of halogens is 1. The van der Waals surface area contributed by atoms with Crippen LogP contribution in [-0.4, -0.2) is 17.5 Å². The van der Waals surface area contributed by atoms with E-state index in [0.29, 0.717) is 5.75 Å². The van der Waals surface area contributed by atoms with Gasteiger partial charge in [0.1, 0.15) is 12.4 Å². The summed E-state index contributed by atoms with van der Waals surface area (Å²) in [5, 5.41) is 8.78. The predicted octanol–water partition coefficient (Wildman–Crippen LogP) is 4.53. The van der Waals surface area contributed by atoms with E-state index in [0.717, 1.165) is 18.9 Å². The van der Waals surface area contributed by atoms with Crippen molar-refractivity contribution in [2.24, 2.45) is 0 Å². The van der Waals surface area contributed by atoms with Gasteiger partial charge in [0.15, 0.2) is 17.3 Å². The van der Waals surface area contributed by atoms with Gasteiger partial charge in [-0.3, -0.25) is 4.79 Å². The molecule has 0 saturated heterocycles. The van der Waals surface area contributed by atoms with E-state index in [1.54, 1.807) is 0 Å². The molecule has 0 unspecified atom stereocenters. The second kappa shape index (κ2) is 8.44. The van der Waals surface area contributed by atoms with E-state index in [1.807, 2.05) is 24.3 Å². The zero-order chi connectivity index (χ0) is 16.7. The number of ketones is 1. The fourth-order valence-corrected chi connectivity index (χ4v) is 2.28. The number of Topliss-reactive ketones (excluding diaryl/α,β-unsaturated/α-hetero) is 1. The minimum absolute atomic E-state index is 0.0539. The maximum Gasteiger partial charge on any atom is 0.188 e. The molecule has 0 spiro atoms. The quantitative estimate of drug-likeness (QED) is 0.575. The number of rotatable bonds is 8. The molecule has 0 aliphatic heterocycles. The van der Waals surface area contributed by atoms with E-state index >= 15 is 0 Å². The molecule has 0 aromatic heterocycles. The maximum atomic E-state index is 14.0. The molecule has 2 rings (SSSR count). The molecular formula is C19H21FO3. The number of aryl methyl sites for hydroxylation is 1. The first-order chi connectivity index (χ1) is 11.1. The Kier molecular flexibility index (Phi) is 6.29. The first-order valence-corrected chi connectivity index (χ1v) is 7.84. The fraction of sp³-hybridized carbons (Fsp3) is 0.316. The zero-order valence-corrected chi connectivity index (χ0v) is 13.2. The molecule has 122 valence electrons. The van der Waals surface area contributed by atoms with Gasteiger partial charge in [-0.2, -0.15) is 0 Å². The number of carbonyl (C=O) groups is 1. The molecule has 23 heavy (non-hydrogen) atoms. The van der Waals surface area contributed by atoms with Gasteiger partial charge >= 0.3 is 0 Å². The van der Waals surface area contributed by atoms with Crippen LogP contribution in [0.3, 0.4) is 0 Å². The summed E-state index contributed by atoms with van der Waals surface area (Å²) in [6.07, 6.45) is 4.59. The van der Waals surface area contributed by atoms with Crippen LogP contribution >= 0.6 is 0 Å². The summed E-state index contributed by atoms with van der Waals surface area (Å²) < 4.78 is 19.5. The van der Waals surface area contributed by atoms with Crippen LogP contribution in [0, 0.1) is 5.82 Å². The lowest BCUT2D eigenvalue weighted by molar-refractivity contribution is 0.0903. The van der Waals surface area contributed by atoms with E-state index in [1.165, 1.54) is 30.5 Å². The average molecular weight is 316 g/mol. The van der Waals surface area contributed by atoms with Crippen LogP contribution in [0.2, 0.25) is 0 Å². The van der Waals surface area contributed by atoms with Crippen molar-refractivity contribution >= 4 is 5.78 Å². The van der Waals surface area contributed by atoms with Gasteiger partial charge in [0.2, 0.25) is 0 Å². The van der Waals surface area contributed by atoms with Gasteiger partial charge in [-0.1, -0.05) is 31.9 Å². The van der Waals surface area contributed by atoms with Crippen LogP contribution in [0.25, 0.3) is 0 Å². The topological polar surface area (TPSA) is 46.5 Å². The third-order valence-electron chi connectivity index (χ3n) is 3.62. The van der Waals surface area contributed by atoms with Gasteiger partial charge in [-0.05, 0) is 48.7 Å². The molecule has 1 N–H and O–H groups in total. The highest BCUT2D eigenvalue weighted by Gasteiger charge is 2.10. The summed E-state index contributed by atoms with van der Waals surface area (Å²) in [6.45, 7) is 1.53. The molecular weight excluding hydrogens is 295 g/mol. The minimum atomic E-state index is -0.640. The molecule has 0 radical (unpaired) electrons. The number of aliphatic hydroxyl groups excluding tert-OH is 1. The molecule has 2 aromatic rings. The van der Waals surface area contributed by atoms with Gasteiger partial charge in [0.25, 0.3) is 0 Å². The molecule has 0 atom stereocenters. The summed E-state index contributed by atoms with van der Waals surface area (Å²) in [5.41, 5.74) is 1.36. The van der Waals surface area contributed by atoms with E-state index in [2.05, 4.69) is 6.92 Å². The normalized spacial score (nSPS) is 10.6. The molecule has 0 aliphatic carbocycles. The fourth-order valence-electron chi connectivity index (χ4n) is 2.28. The molecule has 4 heteroatoms. The molecule has 0 fully saturated rings. The molecule has 0 heterocycles. The maximum absolute atomic E-state index is 14.0. The number of unbranched alkanes of at least 4 members (excludes halogenated alkanes) is 2. The molecule has 0 saturated carbocycles. The summed E-state index contributed by atoms with van der Waals surface area (Å²) in [5.74, 6) is -0.550. The van der Waals surface area contributed by atoms with Crippen LogP contribution in [0.15, 0.2) is 42.5 Å². The highest BCUT2D eigenvalue weighted by Crippen LogP contribution is 2.26. The summed E-state index contributed by atoms with van der Waals surface area (Å²) >= 11 is 0. The Hall–Kier alpha value is -2.20. The Balaban J connectivity index is 2.03.